The second-order valence-electron chi connectivity index (χ2n) is 8.52. The molecule has 10 heteroatoms. The second-order valence-corrected chi connectivity index (χ2v) is 8.52. The molecule has 194 valence electrons. The van der Waals surface area contributed by atoms with Gasteiger partial charge in [-0.15, -0.1) is 0 Å². The Morgan fingerprint density at radius 3 is 1.75 bits per heavy atom. The van der Waals surface area contributed by atoms with Crippen molar-refractivity contribution in [3.8, 4) is 0 Å². The van der Waals surface area contributed by atoms with E-state index in [1.54, 1.807) is 5.32 Å². The number of nitrogens with one attached hydrogen (secondary N) is 2. The molecule has 0 unspecified atom stereocenters. The average Bonchev–Trinajstić information content (AvgIpc) is 2.95. The van der Waals surface area contributed by atoms with Crippen LogP contribution in [-0.4, -0.2) is 62.0 Å². The van der Waals surface area contributed by atoms with E-state index >= 15 is 0 Å². The first-order valence-electron chi connectivity index (χ1n) is 10.9. The second kappa shape index (κ2) is 19.8. The molecule has 3 amide bonds. The number of amides is 3. The Morgan fingerprint density at radius 2 is 1.53 bits per heavy atom. The monoisotopic (exact) mass is 472 g/mol. The van der Waals surface area contributed by atoms with Crippen LogP contribution in [0, 0.1) is 17.3 Å². The number of rotatable bonds is 4. The number of alkyl halides is 3. The van der Waals surface area contributed by atoms with Gasteiger partial charge in [0.05, 0.1) is 6.54 Å². The molecule has 32 heavy (non-hydrogen) atoms. The quantitative estimate of drug-likeness (QED) is 0.544. The van der Waals surface area contributed by atoms with Crippen LogP contribution in [0.25, 0.3) is 0 Å². The lowest BCUT2D eigenvalue weighted by atomic mass is 9.84. The molecule has 0 spiro atoms. The summed E-state index contributed by atoms with van der Waals surface area (Å²) in [5, 5.41) is 4.11. The van der Waals surface area contributed by atoms with Crippen LogP contribution in [0.5, 0.6) is 0 Å². The standard InChI is InChI=1S/C11H17F3N2O2.C4H9NO.C4H10.C2H6.CH5N/c1-7-5-16(6-10(7,2)3)8(17)4-15-9(18)11(12,13)14;1-4(2)5-3-6;1-4(2)3;2*1-2/h7H,4-6H2,1-3H3,(H,15,18);3-4H,1-2H3,(H,5,6);4H,1-3H3;1-2H3;2H2,1H3/t7-;;;;/m0..../s1. The Labute approximate surface area is 193 Å². The number of halogens is 3. The third kappa shape index (κ3) is 21.4. The Bertz CT molecular complexity index is 495. The molecule has 0 radical (unpaired) electrons. The Morgan fingerprint density at radius 1 is 1.12 bits per heavy atom. The summed E-state index contributed by atoms with van der Waals surface area (Å²) in [6, 6.07) is 0.280. The van der Waals surface area contributed by atoms with Crippen LogP contribution >= 0.6 is 0 Å². The number of nitrogens with zero attached hydrogens (tertiary/aromatic N) is 1. The number of hydrogen-bond acceptors (Lipinski definition) is 4. The van der Waals surface area contributed by atoms with Gasteiger partial charge >= 0.3 is 12.1 Å². The van der Waals surface area contributed by atoms with Gasteiger partial charge in [0.1, 0.15) is 0 Å². The highest BCUT2D eigenvalue weighted by atomic mass is 19.4. The lowest BCUT2D eigenvalue weighted by Gasteiger charge is -2.22. The van der Waals surface area contributed by atoms with Gasteiger partial charge in [-0.3, -0.25) is 14.4 Å². The number of carbonyl (C=O) groups excluding carboxylic acids is 3. The summed E-state index contributed by atoms with van der Waals surface area (Å²) in [7, 11) is 1.50. The van der Waals surface area contributed by atoms with Crippen LogP contribution in [-0.2, 0) is 14.4 Å². The van der Waals surface area contributed by atoms with Crippen molar-refractivity contribution in [1.29, 1.82) is 0 Å². The van der Waals surface area contributed by atoms with Crippen molar-refractivity contribution in [3.05, 3.63) is 0 Å². The smallest absolute Gasteiger partial charge is 0.357 e. The summed E-state index contributed by atoms with van der Waals surface area (Å²) in [6.45, 7) is 20.7. The first kappa shape index (κ1) is 37.5. The highest BCUT2D eigenvalue weighted by Gasteiger charge is 2.41. The maximum atomic E-state index is 11.9. The summed E-state index contributed by atoms with van der Waals surface area (Å²) in [6.07, 6.45) is -4.25. The van der Waals surface area contributed by atoms with Crippen molar-refractivity contribution in [2.75, 3.05) is 26.7 Å². The number of nitrogens with two attached hydrogens (primary N) is 1. The molecule has 1 rings (SSSR count). The summed E-state index contributed by atoms with van der Waals surface area (Å²) >= 11 is 0. The van der Waals surface area contributed by atoms with Gasteiger partial charge in [-0.25, -0.2) is 0 Å². The van der Waals surface area contributed by atoms with Crippen molar-refractivity contribution in [1.82, 2.24) is 15.5 Å². The van der Waals surface area contributed by atoms with Crippen LogP contribution in [0.1, 0.15) is 69.2 Å². The Balaban J connectivity index is -0.000000231. The fourth-order valence-corrected chi connectivity index (χ4v) is 1.98. The van der Waals surface area contributed by atoms with Gasteiger partial charge < -0.3 is 21.3 Å². The van der Waals surface area contributed by atoms with Crippen LogP contribution in [0.2, 0.25) is 0 Å². The maximum Gasteiger partial charge on any atom is 0.471 e. The van der Waals surface area contributed by atoms with E-state index in [4.69, 9.17) is 0 Å². The first-order chi connectivity index (χ1) is 14.5. The minimum atomic E-state index is -4.95. The van der Waals surface area contributed by atoms with Gasteiger partial charge in [-0.2, -0.15) is 13.2 Å². The zero-order valence-electron chi connectivity index (χ0n) is 21.8. The van der Waals surface area contributed by atoms with E-state index in [1.807, 2.05) is 48.5 Å². The van der Waals surface area contributed by atoms with Gasteiger partial charge in [-0.1, -0.05) is 55.4 Å². The molecule has 4 N–H and O–H groups in total. The topological polar surface area (TPSA) is 105 Å². The van der Waals surface area contributed by atoms with Crippen LogP contribution in [0.4, 0.5) is 13.2 Å². The Kier molecular flexibility index (Phi) is 23.2. The largest absolute Gasteiger partial charge is 0.471 e. The van der Waals surface area contributed by atoms with Gasteiger partial charge in [-0.05, 0) is 38.1 Å². The van der Waals surface area contributed by atoms with E-state index in [2.05, 4.69) is 31.8 Å². The highest BCUT2D eigenvalue weighted by molar-refractivity contribution is 5.87. The molecule has 0 aromatic rings. The average molecular weight is 473 g/mol. The van der Waals surface area contributed by atoms with Crippen LogP contribution in [0.15, 0.2) is 0 Å². The number of hydrogen-bond donors (Lipinski definition) is 3. The minimum Gasteiger partial charge on any atom is -0.357 e. The summed E-state index contributed by atoms with van der Waals surface area (Å²) in [5.41, 5.74) is 4.45. The van der Waals surface area contributed by atoms with E-state index in [0.29, 0.717) is 19.5 Å². The van der Waals surface area contributed by atoms with Crippen molar-refractivity contribution in [3.63, 3.8) is 0 Å². The normalized spacial score (nSPS) is 16.0. The summed E-state index contributed by atoms with van der Waals surface area (Å²) < 4.78 is 35.8. The maximum absolute atomic E-state index is 11.9. The molecule has 1 saturated heterocycles. The lowest BCUT2D eigenvalue weighted by molar-refractivity contribution is -0.174. The molecule has 0 aliphatic carbocycles. The SMILES string of the molecule is CC.CC(C)C.CC(C)NC=O.CN.C[C@H]1CN(C(=O)CNC(=O)C(F)(F)F)CC1(C)C. The highest BCUT2D eigenvalue weighted by Crippen LogP contribution is 2.34. The van der Waals surface area contributed by atoms with E-state index in [0.717, 1.165) is 5.92 Å². The van der Waals surface area contributed by atoms with E-state index < -0.39 is 24.5 Å². The van der Waals surface area contributed by atoms with Crippen LogP contribution < -0.4 is 16.4 Å². The van der Waals surface area contributed by atoms with Crippen LogP contribution in [0.3, 0.4) is 0 Å². The molecule has 1 aliphatic rings. The zero-order chi connectivity index (χ0) is 26.7. The fraction of sp³-hybridized carbons (Fsp3) is 0.864. The number of carbonyl (C=O) groups is 3. The third-order valence-corrected chi connectivity index (χ3v) is 3.84. The van der Waals surface area contributed by atoms with E-state index in [-0.39, 0.29) is 17.4 Å². The van der Waals surface area contributed by atoms with E-state index in [1.165, 1.54) is 11.9 Å². The molecule has 1 heterocycles. The zero-order valence-corrected chi connectivity index (χ0v) is 21.8. The molecule has 0 bridgehead atoms. The molecular weight excluding hydrogens is 425 g/mol. The first-order valence-corrected chi connectivity index (χ1v) is 10.9. The van der Waals surface area contributed by atoms with E-state index in [9.17, 15) is 27.6 Å². The molecule has 1 fully saturated rings. The molecule has 1 aliphatic heterocycles. The van der Waals surface area contributed by atoms with Crippen molar-refractivity contribution in [2.45, 2.75) is 81.5 Å². The molecule has 0 aromatic carbocycles. The molecular formula is C22H47F3N4O3. The molecule has 0 saturated carbocycles. The minimum absolute atomic E-state index is 0.0519. The van der Waals surface area contributed by atoms with Crippen molar-refractivity contribution in [2.24, 2.45) is 23.0 Å². The van der Waals surface area contributed by atoms with Crippen molar-refractivity contribution >= 4 is 18.2 Å². The third-order valence-electron chi connectivity index (χ3n) is 3.84. The molecule has 7 nitrogen and oxygen atoms in total. The van der Waals surface area contributed by atoms with Gasteiger partial charge in [0.25, 0.3) is 0 Å². The molecule has 1 atom stereocenters. The van der Waals surface area contributed by atoms with Gasteiger partial charge in [0.2, 0.25) is 12.3 Å². The molecule has 0 aromatic heterocycles. The predicted molar refractivity (Wildman–Crippen MR) is 125 cm³/mol. The summed E-state index contributed by atoms with van der Waals surface area (Å²) in [4.78, 5) is 33.2. The predicted octanol–water partition coefficient (Wildman–Crippen LogP) is 3.57. The number of likely N-dealkylation sites (tertiary alicyclic amines) is 1. The lowest BCUT2D eigenvalue weighted by Crippen LogP contribution is -2.44. The Hall–Kier alpha value is -1.84. The van der Waals surface area contributed by atoms with Crippen molar-refractivity contribution < 1.29 is 27.6 Å². The van der Waals surface area contributed by atoms with Gasteiger partial charge in [0, 0.05) is 19.1 Å². The fourth-order valence-electron chi connectivity index (χ4n) is 1.98. The van der Waals surface area contributed by atoms with Gasteiger partial charge in [0.15, 0.2) is 0 Å². The summed E-state index contributed by atoms with van der Waals surface area (Å²) in [5.74, 6) is -1.45.